The Morgan fingerprint density at radius 1 is 1.15 bits per heavy atom. The second kappa shape index (κ2) is 7.70. The lowest BCUT2D eigenvalue weighted by atomic mass is 10.2. The van der Waals surface area contributed by atoms with E-state index < -0.39 is 0 Å². The first-order chi connectivity index (χ1) is 9.74. The largest absolute Gasteiger partial charge is 0.310 e. The van der Waals surface area contributed by atoms with Gasteiger partial charge < -0.3 is 5.32 Å². The van der Waals surface area contributed by atoms with Crippen molar-refractivity contribution in [2.24, 2.45) is 0 Å². The van der Waals surface area contributed by atoms with Gasteiger partial charge in [-0.3, -0.25) is 4.79 Å². The molecule has 1 aromatic carbocycles. The molecule has 0 bridgehead atoms. The van der Waals surface area contributed by atoms with Gasteiger partial charge in [0.25, 0.3) is 0 Å². The summed E-state index contributed by atoms with van der Waals surface area (Å²) in [5, 5.41) is 2.81. The summed E-state index contributed by atoms with van der Waals surface area (Å²) in [6.07, 6.45) is 0.988. The maximum atomic E-state index is 11.8. The number of aryl methyl sites for hydroxylation is 2. The smallest absolute Gasteiger partial charge is 0.235 e. The van der Waals surface area contributed by atoms with Crippen LogP contribution in [0.15, 0.2) is 48.5 Å². The molecule has 2 rings (SSSR count). The van der Waals surface area contributed by atoms with Crippen molar-refractivity contribution in [1.82, 2.24) is 4.98 Å². The van der Waals surface area contributed by atoms with Crippen LogP contribution < -0.4 is 5.32 Å². The Hall–Kier alpha value is -1.81. The number of thioether (sulfide) groups is 1. The van der Waals surface area contributed by atoms with E-state index >= 15 is 0 Å². The lowest BCUT2D eigenvalue weighted by Crippen LogP contribution is -2.15. The zero-order valence-electron chi connectivity index (χ0n) is 11.5. The molecule has 2 aromatic rings. The molecule has 1 aromatic heterocycles. The Morgan fingerprint density at radius 3 is 2.70 bits per heavy atom. The fourth-order valence-corrected chi connectivity index (χ4v) is 2.57. The van der Waals surface area contributed by atoms with Crippen LogP contribution in [-0.2, 0) is 11.2 Å². The quantitative estimate of drug-likeness (QED) is 0.828. The first kappa shape index (κ1) is 14.6. The summed E-state index contributed by atoms with van der Waals surface area (Å²) in [5.41, 5.74) is 2.21. The molecule has 0 aliphatic heterocycles. The number of benzene rings is 1. The normalized spacial score (nSPS) is 10.2. The molecular formula is C16H18N2OS. The molecule has 0 saturated heterocycles. The highest BCUT2D eigenvalue weighted by Gasteiger charge is 2.03. The van der Waals surface area contributed by atoms with E-state index in [9.17, 15) is 4.79 Å². The number of carbonyl (C=O) groups excluding carboxylic acids is 1. The van der Waals surface area contributed by atoms with E-state index in [1.54, 1.807) is 17.8 Å². The molecule has 0 spiro atoms. The number of pyridine rings is 1. The maximum absolute atomic E-state index is 11.8. The van der Waals surface area contributed by atoms with Gasteiger partial charge in [-0.2, -0.15) is 11.8 Å². The lowest BCUT2D eigenvalue weighted by Gasteiger charge is -2.05. The van der Waals surface area contributed by atoms with Crippen LogP contribution in [0.1, 0.15) is 11.3 Å². The van der Waals surface area contributed by atoms with Crippen molar-refractivity contribution in [3.8, 4) is 0 Å². The fourth-order valence-electron chi connectivity index (χ4n) is 1.79. The van der Waals surface area contributed by atoms with Crippen molar-refractivity contribution >= 4 is 23.5 Å². The van der Waals surface area contributed by atoms with Crippen molar-refractivity contribution in [2.45, 2.75) is 13.3 Å². The number of hydrogen-bond donors (Lipinski definition) is 1. The van der Waals surface area contributed by atoms with Crippen LogP contribution in [0, 0.1) is 6.92 Å². The molecule has 1 heterocycles. The van der Waals surface area contributed by atoms with E-state index in [-0.39, 0.29) is 5.91 Å². The van der Waals surface area contributed by atoms with Crippen LogP contribution in [0.4, 0.5) is 5.82 Å². The van der Waals surface area contributed by atoms with E-state index in [2.05, 4.69) is 22.4 Å². The molecule has 0 aliphatic carbocycles. The third kappa shape index (κ3) is 5.05. The molecule has 4 heteroatoms. The topological polar surface area (TPSA) is 42.0 Å². The highest BCUT2D eigenvalue weighted by molar-refractivity contribution is 7.99. The number of aromatic nitrogens is 1. The molecule has 0 saturated carbocycles. The molecule has 104 valence electrons. The Kier molecular flexibility index (Phi) is 5.62. The number of nitrogens with one attached hydrogen (secondary N) is 1. The number of amides is 1. The summed E-state index contributed by atoms with van der Waals surface area (Å²) < 4.78 is 0. The zero-order chi connectivity index (χ0) is 14.2. The van der Waals surface area contributed by atoms with Crippen LogP contribution >= 0.6 is 11.8 Å². The zero-order valence-corrected chi connectivity index (χ0v) is 12.3. The van der Waals surface area contributed by atoms with Crippen LogP contribution in [0.5, 0.6) is 0 Å². The Balaban J connectivity index is 1.68. The molecule has 20 heavy (non-hydrogen) atoms. The van der Waals surface area contributed by atoms with Gasteiger partial charge in [0.1, 0.15) is 5.82 Å². The van der Waals surface area contributed by atoms with E-state index in [1.807, 2.05) is 37.3 Å². The van der Waals surface area contributed by atoms with Crippen LogP contribution in [-0.4, -0.2) is 22.4 Å². The van der Waals surface area contributed by atoms with Gasteiger partial charge in [0.05, 0.1) is 5.75 Å². The van der Waals surface area contributed by atoms with Gasteiger partial charge in [-0.05, 0) is 36.8 Å². The van der Waals surface area contributed by atoms with Crippen molar-refractivity contribution in [2.75, 3.05) is 16.8 Å². The minimum Gasteiger partial charge on any atom is -0.310 e. The Labute approximate surface area is 123 Å². The Bertz CT molecular complexity index is 557. The van der Waals surface area contributed by atoms with E-state index in [0.29, 0.717) is 11.6 Å². The van der Waals surface area contributed by atoms with Crippen molar-refractivity contribution in [3.05, 3.63) is 59.8 Å². The lowest BCUT2D eigenvalue weighted by molar-refractivity contribution is -0.113. The van der Waals surface area contributed by atoms with Gasteiger partial charge in [0.2, 0.25) is 5.91 Å². The first-order valence-corrected chi connectivity index (χ1v) is 7.75. The van der Waals surface area contributed by atoms with Crippen LogP contribution in [0.2, 0.25) is 0 Å². The molecule has 1 amide bonds. The number of carbonyl (C=O) groups is 1. The third-order valence-electron chi connectivity index (χ3n) is 2.77. The number of rotatable bonds is 6. The molecule has 0 radical (unpaired) electrons. The average Bonchev–Trinajstić information content (AvgIpc) is 2.45. The standard InChI is InChI=1S/C16H18N2OS/c1-13-6-5-9-15(17-13)18-16(19)12-20-11-10-14-7-3-2-4-8-14/h2-9H,10-12H2,1H3,(H,17,18,19). The number of anilines is 1. The summed E-state index contributed by atoms with van der Waals surface area (Å²) in [5.74, 6) is 2.03. The first-order valence-electron chi connectivity index (χ1n) is 6.59. The summed E-state index contributed by atoms with van der Waals surface area (Å²) in [4.78, 5) is 16.0. The monoisotopic (exact) mass is 286 g/mol. The van der Waals surface area contributed by atoms with E-state index in [1.165, 1.54) is 5.56 Å². The molecule has 0 aliphatic rings. The second-order valence-electron chi connectivity index (χ2n) is 4.50. The van der Waals surface area contributed by atoms with Crippen molar-refractivity contribution < 1.29 is 4.79 Å². The summed E-state index contributed by atoms with van der Waals surface area (Å²) in [7, 11) is 0. The average molecular weight is 286 g/mol. The molecule has 0 unspecified atom stereocenters. The minimum absolute atomic E-state index is 0.00108. The predicted molar refractivity (Wildman–Crippen MR) is 85.1 cm³/mol. The van der Waals surface area contributed by atoms with Gasteiger partial charge in [-0.15, -0.1) is 0 Å². The SMILES string of the molecule is Cc1cccc(NC(=O)CSCCc2ccccc2)n1. The number of hydrogen-bond acceptors (Lipinski definition) is 3. The second-order valence-corrected chi connectivity index (χ2v) is 5.61. The maximum Gasteiger partial charge on any atom is 0.235 e. The van der Waals surface area contributed by atoms with Crippen molar-refractivity contribution in [1.29, 1.82) is 0 Å². The molecule has 0 fully saturated rings. The highest BCUT2D eigenvalue weighted by Crippen LogP contribution is 2.09. The number of nitrogens with zero attached hydrogens (tertiary/aromatic N) is 1. The molecule has 1 N–H and O–H groups in total. The van der Waals surface area contributed by atoms with Gasteiger partial charge >= 0.3 is 0 Å². The predicted octanol–water partition coefficient (Wildman–Crippen LogP) is 3.30. The minimum atomic E-state index is 0.00108. The van der Waals surface area contributed by atoms with Crippen LogP contribution in [0.25, 0.3) is 0 Å². The fraction of sp³-hybridized carbons (Fsp3) is 0.250. The van der Waals surface area contributed by atoms with Crippen LogP contribution in [0.3, 0.4) is 0 Å². The van der Waals surface area contributed by atoms with Gasteiger partial charge in [0, 0.05) is 5.69 Å². The molecule has 3 nitrogen and oxygen atoms in total. The molecular weight excluding hydrogens is 268 g/mol. The summed E-state index contributed by atoms with van der Waals surface area (Å²) >= 11 is 1.64. The highest BCUT2D eigenvalue weighted by atomic mass is 32.2. The van der Waals surface area contributed by atoms with Crippen molar-refractivity contribution in [3.63, 3.8) is 0 Å². The summed E-state index contributed by atoms with van der Waals surface area (Å²) in [6, 6.07) is 15.9. The van der Waals surface area contributed by atoms with Gasteiger partial charge in [-0.1, -0.05) is 36.4 Å². The Morgan fingerprint density at radius 2 is 1.95 bits per heavy atom. The van der Waals surface area contributed by atoms with Gasteiger partial charge in [-0.25, -0.2) is 4.98 Å². The third-order valence-corrected chi connectivity index (χ3v) is 3.73. The van der Waals surface area contributed by atoms with Gasteiger partial charge in [0.15, 0.2) is 0 Å². The van der Waals surface area contributed by atoms with E-state index in [0.717, 1.165) is 17.9 Å². The summed E-state index contributed by atoms with van der Waals surface area (Å²) in [6.45, 7) is 1.91. The van der Waals surface area contributed by atoms with E-state index in [4.69, 9.17) is 0 Å². The molecule has 0 atom stereocenters.